The van der Waals surface area contributed by atoms with E-state index in [9.17, 15) is 4.79 Å². The largest absolute Gasteiger partial charge is 0.375 e. The van der Waals surface area contributed by atoms with Gasteiger partial charge >= 0.3 is 0 Å². The Hall–Kier alpha value is -0.570. The Morgan fingerprint density at radius 3 is 2.19 bits per heavy atom. The van der Waals surface area contributed by atoms with E-state index in [4.69, 9.17) is 4.74 Å². The maximum absolute atomic E-state index is 11.0. The lowest BCUT2D eigenvalue weighted by Crippen LogP contribution is -2.43. The Kier molecular flexibility index (Phi) is 6.01. The van der Waals surface area contributed by atoms with Crippen molar-refractivity contribution in [1.29, 1.82) is 0 Å². The summed E-state index contributed by atoms with van der Waals surface area (Å²) in [5.74, 6) is 0.0119. The van der Waals surface area contributed by atoms with Crippen LogP contribution in [0.3, 0.4) is 0 Å². The van der Waals surface area contributed by atoms with Gasteiger partial charge in [-0.15, -0.1) is 0 Å². The van der Waals surface area contributed by atoms with Crippen molar-refractivity contribution in [2.75, 3.05) is 6.61 Å². The molecule has 3 nitrogen and oxygen atoms in total. The van der Waals surface area contributed by atoms with E-state index in [2.05, 4.69) is 26.1 Å². The highest BCUT2D eigenvalue weighted by Gasteiger charge is 2.21. The van der Waals surface area contributed by atoms with E-state index in [0.29, 0.717) is 6.61 Å². The van der Waals surface area contributed by atoms with Crippen LogP contribution in [-0.4, -0.2) is 23.7 Å². The first-order valence-corrected chi connectivity index (χ1v) is 6.11. The molecule has 0 atom stereocenters. The highest BCUT2D eigenvalue weighted by Crippen LogP contribution is 2.18. The van der Waals surface area contributed by atoms with Crippen molar-refractivity contribution in [1.82, 2.24) is 5.32 Å². The number of rotatable bonds is 7. The van der Waals surface area contributed by atoms with Crippen LogP contribution >= 0.6 is 0 Å². The van der Waals surface area contributed by atoms with Crippen LogP contribution in [0.5, 0.6) is 0 Å². The molecule has 1 amide bonds. The van der Waals surface area contributed by atoms with Crippen molar-refractivity contribution in [3.8, 4) is 0 Å². The summed E-state index contributed by atoms with van der Waals surface area (Å²) in [6, 6.07) is 0. The molecule has 0 aliphatic heterocycles. The van der Waals surface area contributed by atoms with Gasteiger partial charge in [0.05, 0.1) is 5.60 Å². The predicted octanol–water partition coefficient (Wildman–Crippen LogP) is 2.89. The smallest absolute Gasteiger partial charge is 0.217 e. The number of hydrogen-bond donors (Lipinski definition) is 1. The summed E-state index contributed by atoms with van der Waals surface area (Å²) in [5, 5.41) is 2.92. The monoisotopic (exact) mass is 229 g/mol. The second-order valence-corrected chi connectivity index (χ2v) is 5.67. The molecule has 0 rings (SSSR count). The van der Waals surface area contributed by atoms with Crippen molar-refractivity contribution >= 4 is 5.91 Å². The maximum atomic E-state index is 11.0. The predicted molar refractivity (Wildman–Crippen MR) is 67.5 cm³/mol. The Balaban J connectivity index is 3.92. The lowest BCUT2D eigenvalue weighted by atomic mass is 10.00. The van der Waals surface area contributed by atoms with Crippen LogP contribution in [0.4, 0.5) is 0 Å². The van der Waals surface area contributed by atoms with E-state index in [-0.39, 0.29) is 17.0 Å². The first kappa shape index (κ1) is 15.4. The molecular formula is C13H27NO2. The molecule has 1 N–H and O–H groups in total. The van der Waals surface area contributed by atoms with Gasteiger partial charge in [-0.2, -0.15) is 0 Å². The fourth-order valence-electron chi connectivity index (χ4n) is 1.80. The molecule has 0 saturated carbocycles. The van der Waals surface area contributed by atoms with Crippen molar-refractivity contribution in [3.63, 3.8) is 0 Å². The molecule has 0 unspecified atom stereocenters. The molecule has 0 radical (unpaired) electrons. The van der Waals surface area contributed by atoms with Gasteiger partial charge in [-0.25, -0.2) is 0 Å². The summed E-state index contributed by atoms with van der Waals surface area (Å²) in [5.41, 5.74) is -0.241. The summed E-state index contributed by atoms with van der Waals surface area (Å²) in [4.78, 5) is 11.0. The standard InChI is InChI=1S/C13H27NO2/c1-7-8-13(5,6)16-10-9-12(3,4)14-11(2)15/h7-10H2,1-6H3,(H,14,15). The fraction of sp³-hybridized carbons (Fsp3) is 0.923. The molecule has 0 spiro atoms. The number of hydrogen-bond acceptors (Lipinski definition) is 2. The van der Waals surface area contributed by atoms with Crippen molar-refractivity contribution < 1.29 is 9.53 Å². The highest BCUT2D eigenvalue weighted by molar-refractivity contribution is 5.73. The molecule has 0 aliphatic rings. The van der Waals surface area contributed by atoms with Crippen LogP contribution in [0.25, 0.3) is 0 Å². The van der Waals surface area contributed by atoms with E-state index >= 15 is 0 Å². The molecular weight excluding hydrogens is 202 g/mol. The molecule has 16 heavy (non-hydrogen) atoms. The third-order valence-corrected chi connectivity index (χ3v) is 2.59. The number of nitrogens with one attached hydrogen (secondary N) is 1. The summed E-state index contributed by atoms with van der Waals surface area (Å²) < 4.78 is 5.84. The van der Waals surface area contributed by atoms with Gasteiger partial charge in [-0.05, 0) is 40.5 Å². The van der Waals surface area contributed by atoms with E-state index in [1.165, 1.54) is 0 Å². The Bertz CT molecular complexity index is 222. The van der Waals surface area contributed by atoms with Crippen LogP contribution in [0.15, 0.2) is 0 Å². The minimum absolute atomic E-state index is 0.0119. The average Bonchev–Trinajstić information content (AvgIpc) is 1.99. The van der Waals surface area contributed by atoms with Crippen LogP contribution in [-0.2, 0) is 9.53 Å². The lowest BCUT2D eigenvalue weighted by Gasteiger charge is -2.29. The normalized spacial score (nSPS) is 12.6. The maximum Gasteiger partial charge on any atom is 0.217 e. The topological polar surface area (TPSA) is 38.3 Å². The summed E-state index contributed by atoms with van der Waals surface area (Å²) >= 11 is 0. The number of carbonyl (C=O) groups is 1. The molecule has 0 aromatic carbocycles. The lowest BCUT2D eigenvalue weighted by molar-refractivity contribution is -0.120. The van der Waals surface area contributed by atoms with Gasteiger partial charge in [0.15, 0.2) is 0 Å². The summed E-state index contributed by atoms with van der Waals surface area (Å²) in [7, 11) is 0. The molecule has 96 valence electrons. The van der Waals surface area contributed by atoms with Crippen LogP contribution in [0.1, 0.15) is 60.8 Å². The Labute approximate surface area is 99.9 Å². The zero-order chi connectivity index (χ0) is 12.8. The molecule has 0 saturated heterocycles. The summed E-state index contributed by atoms with van der Waals surface area (Å²) in [6.07, 6.45) is 3.02. The zero-order valence-electron chi connectivity index (χ0n) is 11.6. The minimum Gasteiger partial charge on any atom is -0.375 e. The molecule has 0 fully saturated rings. The van der Waals surface area contributed by atoms with Gasteiger partial charge in [-0.3, -0.25) is 4.79 Å². The third kappa shape index (κ3) is 7.69. The second-order valence-electron chi connectivity index (χ2n) is 5.67. The first-order chi connectivity index (χ1) is 7.18. The van der Waals surface area contributed by atoms with Crippen molar-refractivity contribution in [2.24, 2.45) is 0 Å². The fourth-order valence-corrected chi connectivity index (χ4v) is 1.80. The van der Waals surface area contributed by atoms with E-state index in [1.54, 1.807) is 6.92 Å². The van der Waals surface area contributed by atoms with Gasteiger partial charge in [0.2, 0.25) is 5.91 Å². The van der Waals surface area contributed by atoms with E-state index in [1.807, 2.05) is 13.8 Å². The Morgan fingerprint density at radius 1 is 1.19 bits per heavy atom. The molecule has 0 heterocycles. The van der Waals surface area contributed by atoms with Crippen molar-refractivity contribution in [2.45, 2.75) is 71.9 Å². The molecule has 0 aromatic heterocycles. The molecule has 0 bridgehead atoms. The number of ether oxygens (including phenoxy) is 1. The number of amides is 1. The van der Waals surface area contributed by atoms with Gasteiger partial charge in [0.25, 0.3) is 0 Å². The summed E-state index contributed by atoms with van der Waals surface area (Å²) in [6.45, 7) is 12.6. The SMILES string of the molecule is CCCC(C)(C)OCCC(C)(C)NC(C)=O. The van der Waals surface area contributed by atoms with Gasteiger partial charge in [0, 0.05) is 19.1 Å². The zero-order valence-corrected chi connectivity index (χ0v) is 11.6. The Morgan fingerprint density at radius 2 is 1.75 bits per heavy atom. The number of carbonyl (C=O) groups excluding carboxylic acids is 1. The minimum atomic E-state index is -0.186. The average molecular weight is 229 g/mol. The van der Waals surface area contributed by atoms with Gasteiger partial charge in [-0.1, -0.05) is 13.3 Å². The van der Waals surface area contributed by atoms with E-state index in [0.717, 1.165) is 19.3 Å². The van der Waals surface area contributed by atoms with Crippen molar-refractivity contribution in [3.05, 3.63) is 0 Å². The molecule has 3 heteroatoms. The van der Waals surface area contributed by atoms with Crippen LogP contribution in [0, 0.1) is 0 Å². The third-order valence-electron chi connectivity index (χ3n) is 2.59. The second kappa shape index (κ2) is 6.24. The quantitative estimate of drug-likeness (QED) is 0.729. The van der Waals surface area contributed by atoms with Crippen LogP contribution in [0.2, 0.25) is 0 Å². The van der Waals surface area contributed by atoms with Crippen LogP contribution < -0.4 is 5.32 Å². The van der Waals surface area contributed by atoms with Gasteiger partial charge < -0.3 is 10.1 Å². The van der Waals surface area contributed by atoms with Gasteiger partial charge in [0.1, 0.15) is 0 Å². The highest BCUT2D eigenvalue weighted by atomic mass is 16.5. The first-order valence-electron chi connectivity index (χ1n) is 6.11. The molecule has 0 aliphatic carbocycles. The molecule has 0 aromatic rings. The van der Waals surface area contributed by atoms with E-state index < -0.39 is 0 Å².